The zero-order valence-corrected chi connectivity index (χ0v) is 14.5. The van der Waals surface area contributed by atoms with Gasteiger partial charge < -0.3 is 20.5 Å². The van der Waals surface area contributed by atoms with E-state index in [9.17, 15) is 23.9 Å². The van der Waals surface area contributed by atoms with Gasteiger partial charge in [0, 0.05) is 14.2 Å². The second-order valence-corrected chi connectivity index (χ2v) is 6.35. The predicted octanol–water partition coefficient (Wildman–Crippen LogP) is 0.871. The van der Waals surface area contributed by atoms with Crippen LogP contribution in [-0.4, -0.2) is 54.4 Å². The number of hydrogen-bond acceptors (Lipinski definition) is 4. The predicted molar refractivity (Wildman–Crippen MR) is 82.6 cm³/mol. The van der Waals surface area contributed by atoms with Gasteiger partial charge >= 0.3 is 5.97 Å². The van der Waals surface area contributed by atoms with Crippen molar-refractivity contribution in [3.05, 3.63) is 0 Å². The van der Waals surface area contributed by atoms with Crippen LogP contribution in [0.5, 0.6) is 0 Å². The summed E-state index contributed by atoms with van der Waals surface area (Å²) in [6, 6.07) is -1.53. The molecule has 1 unspecified atom stereocenters. The van der Waals surface area contributed by atoms with E-state index in [0.717, 1.165) is 21.0 Å². The van der Waals surface area contributed by atoms with Crippen LogP contribution < -0.4 is 10.6 Å². The summed E-state index contributed by atoms with van der Waals surface area (Å²) in [4.78, 5) is 35.9. The molecule has 0 aliphatic rings. The van der Waals surface area contributed by atoms with Gasteiger partial charge in [0.05, 0.1) is 0 Å². The minimum atomic E-state index is -2.16. The molecule has 2 amide bonds. The van der Waals surface area contributed by atoms with Gasteiger partial charge in [-0.15, -0.1) is 0 Å². The van der Waals surface area contributed by atoms with Crippen molar-refractivity contribution in [3.63, 3.8) is 0 Å². The van der Waals surface area contributed by atoms with Crippen molar-refractivity contribution in [1.29, 1.82) is 0 Å². The highest BCUT2D eigenvalue weighted by Crippen LogP contribution is 2.23. The Morgan fingerprint density at radius 2 is 1.78 bits per heavy atom. The fourth-order valence-corrected chi connectivity index (χ4v) is 2.03. The summed E-state index contributed by atoms with van der Waals surface area (Å²) in [6.45, 7) is 5.99. The van der Waals surface area contributed by atoms with E-state index in [0.29, 0.717) is 6.42 Å². The second-order valence-electron chi connectivity index (χ2n) is 6.35. The van der Waals surface area contributed by atoms with Crippen LogP contribution in [0.3, 0.4) is 0 Å². The van der Waals surface area contributed by atoms with Gasteiger partial charge in [0.1, 0.15) is 11.7 Å². The zero-order chi connectivity index (χ0) is 18.4. The van der Waals surface area contributed by atoms with Gasteiger partial charge in [-0.25, -0.2) is 9.18 Å². The molecule has 0 spiro atoms. The molecule has 0 aliphatic heterocycles. The van der Waals surface area contributed by atoms with Crippen molar-refractivity contribution >= 4 is 17.8 Å². The fraction of sp³-hybridized carbons (Fsp3) is 0.800. The van der Waals surface area contributed by atoms with Gasteiger partial charge in [0.15, 0.2) is 0 Å². The van der Waals surface area contributed by atoms with Crippen LogP contribution in [0.4, 0.5) is 4.39 Å². The third-order valence-corrected chi connectivity index (χ3v) is 3.60. The first-order chi connectivity index (χ1) is 10.4. The largest absolute Gasteiger partial charge is 0.479 e. The molecule has 0 radical (unpaired) electrons. The Hall–Kier alpha value is -1.70. The smallest absolute Gasteiger partial charge is 0.345 e. The number of halogens is 1. The minimum Gasteiger partial charge on any atom is -0.479 e. The molecule has 0 aromatic rings. The number of carboxylic acids is 1. The van der Waals surface area contributed by atoms with Gasteiger partial charge in [-0.3, -0.25) is 9.59 Å². The van der Waals surface area contributed by atoms with E-state index in [1.807, 2.05) is 13.8 Å². The third kappa shape index (κ3) is 5.46. The van der Waals surface area contributed by atoms with Gasteiger partial charge in [-0.1, -0.05) is 13.8 Å². The van der Waals surface area contributed by atoms with Crippen molar-refractivity contribution in [2.45, 2.75) is 57.8 Å². The second kappa shape index (κ2) is 8.24. The van der Waals surface area contributed by atoms with Gasteiger partial charge in [-0.05, 0) is 32.6 Å². The van der Waals surface area contributed by atoms with E-state index in [1.54, 1.807) is 0 Å². The number of nitrogens with one attached hydrogen (secondary N) is 2. The highest BCUT2D eigenvalue weighted by Gasteiger charge is 2.49. The van der Waals surface area contributed by atoms with E-state index >= 15 is 0 Å². The summed E-state index contributed by atoms with van der Waals surface area (Å²) in [5.74, 6) is -3.15. The first kappa shape index (κ1) is 21.3. The SMILES string of the molecule is CNC(=O)C(NC(=O)[C@](CCC(C)C)(OC)C(=O)O)C(C)(C)F. The van der Waals surface area contributed by atoms with Gasteiger partial charge in [0.2, 0.25) is 11.5 Å². The molecule has 0 fully saturated rings. The Bertz CT molecular complexity index is 448. The van der Waals surface area contributed by atoms with Crippen LogP contribution in [0.15, 0.2) is 0 Å². The molecule has 134 valence electrons. The van der Waals surface area contributed by atoms with Crippen LogP contribution in [0, 0.1) is 5.92 Å². The summed E-state index contributed by atoms with van der Waals surface area (Å²) < 4.78 is 19.2. The topological polar surface area (TPSA) is 105 Å². The lowest BCUT2D eigenvalue weighted by molar-refractivity contribution is -0.172. The van der Waals surface area contributed by atoms with Crippen LogP contribution in [-0.2, 0) is 19.1 Å². The van der Waals surface area contributed by atoms with E-state index in [1.165, 1.54) is 7.05 Å². The molecule has 7 nitrogen and oxygen atoms in total. The molecule has 23 heavy (non-hydrogen) atoms. The number of hydrogen-bond donors (Lipinski definition) is 3. The molecule has 0 saturated carbocycles. The van der Waals surface area contributed by atoms with Crippen LogP contribution >= 0.6 is 0 Å². The Labute approximate surface area is 136 Å². The normalized spacial score (nSPS) is 15.7. The number of rotatable bonds is 9. The maximum absolute atomic E-state index is 14.2. The standard InChI is InChI=1S/C15H27FN2O5/c1-9(2)7-8-15(23-6,13(21)22)12(20)18-10(11(19)17-5)14(3,4)16/h9-10H,7-8H2,1-6H3,(H,17,19)(H,18,20)(H,21,22)/t10?,15-/m0/s1. The molecule has 0 aromatic carbocycles. The van der Waals surface area contributed by atoms with E-state index in [2.05, 4.69) is 10.6 Å². The third-order valence-electron chi connectivity index (χ3n) is 3.60. The molecule has 0 aliphatic carbocycles. The number of alkyl halides is 1. The van der Waals surface area contributed by atoms with Gasteiger partial charge in [0.25, 0.3) is 5.91 Å². The van der Waals surface area contributed by atoms with Crippen LogP contribution in [0.1, 0.15) is 40.5 Å². The van der Waals surface area contributed by atoms with E-state index < -0.39 is 35.1 Å². The van der Waals surface area contributed by atoms with Gasteiger partial charge in [-0.2, -0.15) is 0 Å². The van der Waals surface area contributed by atoms with E-state index in [-0.39, 0.29) is 12.3 Å². The summed E-state index contributed by atoms with van der Waals surface area (Å²) in [7, 11) is 2.40. The summed E-state index contributed by atoms with van der Waals surface area (Å²) in [6.07, 6.45) is 0.326. The highest BCUT2D eigenvalue weighted by atomic mass is 19.1. The Kier molecular flexibility index (Phi) is 7.63. The number of carbonyl (C=O) groups excluding carboxylic acids is 2. The number of likely N-dealkylation sites (N-methyl/N-ethyl adjacent to an activating group) is 1. The molecular formula is C15H27FN2O5. The molecule has 0 heterocycles. The summed E-state index contributed by atoms with van der Waals surface area (Å²) in [5, 5.41) is 13.9. The molecule has 0 rings (SSSR count). The Balaban J connectivity index is 5.52. The molecule has 3 N–H and O–H groups in total. The summed E-state index contributed by atoms with van der Waals surface area (Å²) >= 11 is 0. The highest BCUT2D eigenvalue weighted by molar-refractivity contribution is 6.06. The molecule has 0 aromatic heterocycles. The number of carbonyl (C=O) groups is 3. The number of aliphatic carboxylic acids is 1. The van der Waals surface area contributed by atoms with Crippen molar-refractivity contribution in [2.24, 2.45) is 5.92 Å². The van der Waals surface area contributed by atoms with Crippen LogP contribution in [0.2, 0.25) is 0 Å². The Morgan fingerprint density at radius 3 is 2.09 bits per heavy atom. The average Bonchev–Trinajstić information content (AvgIpc) is 2.43. The van der Waals surface area contributed by atoms with Crippen molar-refractivity contribution in [3.8, 4) is 0 Å². The molecule has 8 heteroatoms. The number of ether oxygens (including phenoxy) is 1. The number of carboxylic acid groups (broad SMARTS) is 1. The maximum atomic E-state index is 14.2. The number of amides is 2. The monoisotopic (exact) mass is 334 g/mol. The maximum Gasteiger partial charge on any atom is 0.345 e. The lowest BCUT2D eigenvalue weighted by Gasteiger charge is -2.32. The molecule has 0 saturated heterocycles. The molecule has 2 atom stereocenters. The quantitative estimate of drug-likeness (QED) is 0.543. The first-order valence-corrected chi connectivity index (χ1v) is 7.42. The first-order valence-electron chi connectivity index (χ1n) is 7.42. The Morgan fingerprint density at radius 1 is 1.26 bits per heavy atom. The molecular weight excluding hydrogens is 307 g/mol. The van der Waals surface area contributed by atoms with E-state index in [4.69, 9.17) is 4.74 Å². The minimum absolute atomic E-state index is 0.0878. The fourth-order valence-electron chi connectivity index (χ4n) is 2.03. The average molecular weight is 334 g/mol. The number of methoxy groups -OCH3 is 1. The van der Waals surface area contributed by atoms with Crippen LogP contribution in [0.25, 0.3) is 0 Å². The lowest BCUT2D eigenvalue weighted by atomic mass is 9.91. The summed E-state index contributed by atoms with van der Waals surface area (Å²) in [5.41, 5.74) is -4.24. The van der Waals surface area contributed by atoms with Crippen molar-refractivity contribution in [1.82, 2.24) is 10.6 Å². The van der Waals surface area contributed by atoms with Crippen molar-refractivity contribution in [2.75, 3.05) is 14.2 Å². The zero-order valence-electron chi connectivity index (χ0n) is 14.5. The lowest BCUT2D eigenvalue weighted by Crippen LogP contribution is -2.62. The molecule has 0 bridgehead atoms. The van der Waals surface area contributed by atoms with Crippen molar-refractivity contribution < 1.29 is 28.6 Å².